The van der Waals surface area contributed by atoms with Crippen molar-refractivity contribution >= 4 is 17.8 Å². The van der Waals surface area contributed by atoms with Gasteiger partial charge >= 0.3 is 0 Å². The standard InChI is InChI=1S/C20H29N3O3/c1-16-4-3-5-17(2)23(16)20(24)15-26-21-14-18-6-8-19(9-7-18)22-10-12-25-13-11-22/h6-9,14,16-17H,3-5,10-13,15H2,1-2H3. The molecule has 1 aromatic carbocycles. The summed E-state index contributed by atoms with van der Waals surface area (Å²) >= 11 is 0. The smallest absolute Gasteiger partial charge is 0.263 e. The molecule has 0 bridgehead atoms. The molecule has 26 heavy (non-hydrogen) atoms. The SMILES string of the molecule is CC1CCCC(C)N1C(=O)CON=Cc1ccc(N2CCOCC2)cc1. The Labute approximate surface area is 155 Å². The van der Waals surface area contributed by atoms with Gasteiger partial charge in [0.05, 0.1) is 19.4 Å². The highest BCUT2D eigenvalue weighted by Crippen LogP contribution is 2.22. The first-order valence-corrected chi connectivity index (χ1v) is 9.54. The second-order valence-corrected chi connectivity index (χ2v) is 7.13. The normalized spacial score (nSPS) is 24.1. The van der Waals surface area contributed by atoms with Gasteiger partial charge in [-0.1, -0.05) is 17.3 Å². The second-order valence-electron chi connectivity index (χ2n) is 7.13. The number of carbonyl (C=O) groups is 1. The van der Waals surface area contributed by atoms with Crippen molar-refractivity contribution in [2.24, 2.45) is 5.16 Å². The lowest BCUT2D eigenvalue weighted by Crippen LogP contribution is -2.48. The maximum absolute atomic E-state index is 12.4. The number of ether oxygens (including phenoxy) is 1. The van der Waals surface area contributed by atoms with Crippen LogP contribution in [0, 0.1) is 0 Å². The molecular formula is C20H29N3O3. The van der Waals surface area contributed by atoms with E-state index in [4.69, 9.17) is 9.57 Å². The third kappa shape index (κ3) is 4.75. The number of oxime groups is 1. The van der Waals surface area contributed by atoms with Gasteiger partial charge in [-0.15, -0.1) is 0 Å². The molecule has 2 unspecified atom stereocenters. The van der Waals surface area contributed by atoms with Crippen LogP contribution in [0.1, 0.15) is 38.7 Å². The van der Waals surface area contributed by atoms with Crippen molar-refractivity contribution in [1.82, 2.24) is 4.90 Å². The summed E-state index contributed by atoms with van der Waals surface area (Å²) in [5, 5.41) is 3.96. The van der Waals surface area contributed by atoms with Gasteiger partial charge < -0.3 is 19.4 Å². The molecule has 6 heteroatoms. The molecule has 0 aromatic heterocycles. The number of hydrogen-bond donors (Lipinski definition) is 0. The highest BCUT2D eigenvalue weighted by Gasteiger charge is 2.28. The molecule has 0 radical (unpaired) electrons. The van der Waals surface area contributed by atoms with Gasteiger partial charge in [-0.3, -0.25) is 4.79 Å². The number of anilines is 1. The van der Waals surface area contributed by atoms with E-state index >= 15 is 0 Å². The van der Waals surface area contributed by atoms with Crippen molar-refractivity contribution in [2.75, 3.05) is 37.8 Å². The Morgan fingerprint density at radius 1 is 1.19 bits per heavy atom. The van der Waals surface area contributed by atoms with Gasteiger partial charge in [0.1, 0.15) is 0 Å². The Kier molecular flexibility index (Phi) is 6.50. The zero-order valence-corrected chi connectivity index (χ0v) is 15.8. The molecule has 0 saturated carbocycles. The van der Waals surface area contributed by atoms with E-state index in [9.17, 15) is 4.79 Å². The molecule has 3 rings (SSSR count). The van der Waals surface area contributed by atoms with Crippen molar-refractivity contribution in [2.45, 2.75) is 45.2 Å². The highest BCUT2D eigenvalue weighted by molar-refractivity contribution is 5.80. The minimum Gasteiger partial charge on any atom is -0.386 e. The van der Waals surface area contributed by atoms with Crippen LogP contribution in [-0.4, -0.2) is 62.0 Å². The maximum atomic E-state index is 12.4. The third-order valence-electron chi connectivity index (χ3n) is 5.22. The minimum absolute atomic E-state index is 0.00294. The van der Waals surface area contributed by atoms with Gasteiger partial charge in [0.25, 0.3) is 5.91 Å². The predicted octanol–water partition coefficient (Wildman–Crippen LogP) is 2.66. The average molecular weight is 359 g/mol. The number of rotatable bonds is 5. The number of morpholine rings is 1. The van der Waals surface area contributed by atoms with Crippen molar-refractivity contribution in [3.05, 3.63) is 29.8 Å². The monoisotopic (exact) mass is 359 g/mol. The number of piperidine rings is 1. The first-order chi connectivity index (χ1) is 12.6. The average Bonchev–Trinajstić information content (AvgIpc) is 2.66. The molecule has 2 fully saturated rings. The fourth-order valence-electron chi connectivity index (χ4n) is 3.77. The van der Waals surface area contributed by atoms with Crippen molar-refractivity contribution < 1.29 is 14.4 Å². The van der Waals surface area contributed by atoms with E-state index in [-0.39, 0.29) is 24.6 Å². The summed E-state index contributed by atoms with van der Waals surface area (Å²) in [6.45, 7) is 7.60. The summed E-state index contributed by atoms with van der Waals surface area (Å²) in [4.78, 5) is 21.9. The van der Waals surface area contributed by atoms with Gasteiger partial charge in [-0.05, 0) is 50.8 Å². The van der Waals surface area contributed by atoms with Gasteiger partial charge in [-0.2, -0.15) is 0 Å². The van der Waals surface area contributed by atoms with Gasteiger partial charge in [-0.25, -0.2) is 0 Å². The number of benzene rings is 1. The Morgan fingerprint density at radius 2 is 1.85 bits per heavy atom. The van der Waals surface area contributed by atoms with Crippen LogP contribution >= 0.6 is 0 Å². The Morgan fingerprint density at radius 3 is 2.50 bits per heavy atom. The van der Waals surface area contributed by atoms with Crippen LogP contribution in [0.25, 0.3) is 0 Å². The van der Waals surface area contributed by atoms with Crippen LogP contribution in [0.3, 0.4) is 0 Å². The lowest BCUT2D eigenvalue weighted by atomic mass is 9.97. The summed E-state index contributed by atoms with van der Waals surface area (Å²) < 4.78 is 5.38. The first kappa shape index (κ1) is 18.7. The molecule has 142 valence electrons. The Balaban J connectivity index is 1.47. The summed E-state index contributed by atoms with van der Waals surface area (Å²) in [6, 6.07) is 8.74. The number of nitrogens with zero attached hydrogens (tertiary/aromatic N) is 3. The molecule has 0 aliphatic carbocycles. The molecule has 2 heterocycles. The topological polar surface area (TPSA) is 54.4 Å². The molecule has 1 aromatic rings. The summed E-state index contributed by atoms with van der Waals surface area (Å²) in [5.41, 5.74) is 2.14. The van der Waals surface area contributed by atoms with E-state index < -0.39 is 0 Å². The van der Waals surface area contributed by atoms with Gasteiger partial charge in [0.15, 0.2) is 6.61 Å². The molecule has 6 nitrogen and oxygen atoms in total. The van der Waals surface area contributed by atoms with E-state index in [1.54, 1.807) is 6.21 Å². The largest absolute Gasteiger partial charge is 0.386 e. The third-order valence-corrected chi connectivity index (χ3v) is 5.22. The summed E-state index contributed by atoms with van der Waals surface area (Å²) in [7, 11) is 0. The molecule has 2 saturated heterocycles. The van der Waals surface area contributed by atoms with E-state index in [2.05, 4.69) is 36.0 Å². The molecule has 2 aliphatic rings. The lowest BCUT2D eigenvalue weighted by molar-refractivity contribution is -0.142. The summed E-state index contributed by atoms with van der Waals surface area (Å²) in [5.74, 6) is 0.0181. The quantitative estimate of drug-likeness (QED) is 0.599. The molecule has 0 spiro atoms. The number of hydrogen-bond acceptors (Lipinski definition) is 5. The van der Waals surface area contributed by atoms with E-state index in [0.29, 0.717) is 0 Å². The van der Waals surface area contributed by atoms with Crippen LogP contribution in [0.2, 0.25) is 0 Å². The fourth-order valence-corrected chi connectivity index (χ4v) is 3.77. The molecule has 2 atom stereocenters. The number of amides is 1. The Bertz CT molecular complexity index is 601. The highest BCUT2D eigenvalue weighted by atomic mass is 16.6. The molecular weight excluding hydrogens is 330 g/mol. The van der Waals surface area contributed by atoms with Crippen molar-refractivity contribution in [3.8, 4) is 0 Å². The lowest BCUT2D eigenvalue weighted by Gasteiger charge is -2.38. The fraction of sp³-hybridized carbons (Fsp3) is 0.600. The van der Waals surface area contributed by atoms with Crippen LogP contribution in [0.5, 0.6) is 0 Å². The van der Waals surface area contributed by atoms with Crippen LogP contribution in [0.15, 0.2) is 29.4 Å². The molecule has 2 aliphatic heterocycles. The molecule has 1 amide bonds. The summed E-state index contributed by atoms with van der Waals surface area (Å²) in [6.07, 6.45) is 4.97. The molecule has 0 N–H and O–H groups in total. The van der Waals surface area contributed by atoms with Gasteiger partial charge in [0, 0.05) is 30.9 Å². The van der Waals surface area contributed by atoms with E-state index in [1.165, 1.54) is 12.1 Å². The second kappa shape index (κ2) is 9.03. The Hall–Kier alpha value is -2.08. The number of carbonyl (C=O) groups excluding carboxylic acids is 1. The van der Waals surface area contributed by atoms with Crippen molar-refractivity contribution in [3.63, 3.8) is 0 Å². The zero-order chi connectivity index (χ0) is 18.4. The predicted molar refractivity (Wildman–Crippen MR) is 103 cm³/mol. The maximum Gasteiger partial charge on any atom is 0.263 e. The zero-order valence-electron chi connectivity index (χ0n) is 15.8. The van der Waals surface area contributed by atoms with Crippen LogP contribution in [0.4, 0.5) is 5.69 Å². The first-order valence-electron chi connectivity index (χ1n) is 9.54. The van der Waals surface area contributed by atoms with Crippen molar-refractivity contribution in [1.29, 1.82) is 0 Å². The van der Waals surface area contributed by atoms with E-state index in [0.717, 1.165) is 44.7 Å². The minimum atomic E-state index is -0.00294. The van der Waals surface area contributed by atoms with Crippen LogP contribution in [-0.2, 0) is 14.4 Å². The number of likely N-dealkylation sites (tertiary alicyclic amines) is 1. The van der Waals surface area contributed by atoms with E-state index in [1.807, 2.05) is 17.0 Å². The van der Waals surface area contributed by atoms with Crippen LogP contribution < -0.4 is 4.90 Å². The van der Waals surface area contributed by atoms with Gasteiger partial charge in [0.2, 0.25) is 0 Å².